The molecule has 0 saturated heterocycles. The predicted octanol–water partition coefficient (Wildman–Crippen LogP) is 2.87. The van der Waals surface area contributed by atoms with E-state index in [0.29, 0.717) is 24.2 Å². The Morgan fingerprint density at radius 1 is 1.30 bits per heavy atom. The van der Waals surface area contributed by atoms with Crippen LogP contribution in [-0.2, 0) is 17.9 Å². The minimum Gasteiger partial charge on any atom is -0.408 e. The Labute approximate surface area is 137 Å². The Hall–Kier alpha value is -2.60. The number of carbonyl (C=O) groups is 1. The van der Waals surface area contributed by atoms with Crippen molar-refractivity contribution in [3.05, 3.63) is 69.9 Å². The van der Waals surface area contributed by atoms with Crippen molar-refractivity contribution in [3.8, 4) is 0 Å². The lowest BCUT2D eigenvalue weighted by Crippen LogP contribution is -2.35. The number of thiophene rings is 1. The molecule has 0 aliphatic rings. The number of hydrogen-bond acceptors (Lipinski definition) is 4. The zero-order valence-electron chi connectivity index (χ0n) is 12.5. The summed E-state index contributed by atoms with van der Waals surface area (Å²) in [5.41, 5.74) is 1.11. The molecule has 118 valence electrons. The van der Waals surface area contributed by atoms with Crippen LogP contribution in [0.5, 0.6) is 0 Å². The third-order valence-electron chi connectivity index (χ3n) is 3.50. The second-order valence-electron chi connectivity index (χ2n) is 5.06. The third kappa shape index (κ3) is 3.27. The smallest absolute Gasteiger partial charge is 0.408 e. The molecule has 2 aromatic heterocycles. The molecule has 0 N–H and O–H groups in total. The van der Waals surface area contributed by atoms with Gasteiger partial charge >= 0.3 is 5.76 Å². The van der Waals surface area contributed by atoms with Crippen molar-refractivity contribution < 1.29 is 9.21 Å². The second kappa shape index (κ2) is 6.66. The molecular formula is C17H16N2O3S. The number of amides is 1. The van der Waals surface area contributed by atoms with Gasteiger partial charge in [-0.25, -0.2) is 4.79 Å². The summed E-state index contributed by atoms with van der Waals surface area (Å²) in [7, 11) is 0. The molecule has 5 nitrogen and oxygen atoms in total. The third-order valence-corrected chi connectivity index (χ3v) is 4.36. The van der Waals surface area contributed by atoms with Crippen molar-refractivity contribution in [1.82, 2.24) is 9.47 Å². The van der Waals surface area contributed by atoms with Crippen LogP contribution >= 0.6 is 11.3 Å². The Kier molecular flexibility index (Phi) is 4.43. The predicted molar refractivity (Wildman–Crippen MR) is 90.4 cm³/mol. The maximum atomic E-state index is 12.6. The SMILES string of the molecule is C=CCN(Cc1cccs1)C(=O)Cn1c(=O)oc2ccccc21. The molecule has 0 spiro atoms. The Morgan fingerprint density at radius 2 is 2.13 bits per heavy atom. The van der Waals surface area contributed by atoms with Crippen LogP contribution in [0.4, 0.5) is 0 Å². The molecule has 3 rings (SSSR count). The van der Waals surface area contributed by atoms with Gasteiger partial charge in [-0.2, -0.15) is 0 Å². The van der Waals surface area contributed by atoms with Gasteiger partial charge in [0, 0.05) is 11.4 Å². The number of fused-ring (bicyclic) bond motifs is 1. The van der Waals surface area contributed by atoms with Crippen molar-refractivity contribution in [2.45, 2.75) is 13.1 Å². The van der Waals surface area contributed by atoms with Crippen LogP contribution in [-0.4, -0.2) is 21.9 Å². The van der Waals surface area contributed by atoms with Gasteiger partial charge in [-0.3, -0.25) is 9.36 Å². The lowest BCUT2D eigenvalue weighted by molar-refractivity contribution is -0.131. The number of benzene rings is 1. The second-order valence-corrected chi connectivity index (χ2v) is 6.10. The average molecular weight is 328 g/mol. The van der Waals surface area contributed by atoms with E-state index in [1.54, 1.807) is 40.5 Å². The zero-order chi connectivity index (χ0) is 16.2. The van der Waals surface area contributed by atoms with E-state index in [9.17, 15) is 9.59 Å². The van der Waals surface area contributed by atoms with Gasteiger partial charge in [-0.1, -0.05) is 24.3 Å². The first-order valence-electron chi connectivity index (χ1n) is 7.18. The van der Waals surface area contributed by atoms with E-state index >= 15 is 0 Å². The summed E-state index contributed by atoms with van der Waals surface area (Å²) in [6, 6.07) is 11.0. The fourth-order valence-electron chi connectivity index (χ4n) is 2.40. The fourth-order valence-corrected chi connectivity index (χ4v) is 3.12. The van der Waals surface area contributed by atoms with Crippen LogP contribution < -0.4 is 5.76 Å². The van der Waals surface area contributed by atoms with Gasteiger partial charge in [0.25, 0.3) is 0 Å². The van der Waals surface area contributed by atoms with Gasteiger partial charge in [0.2, 0.25) is 5.91 Å². The standard InChI is InChI=1S/C17H16N2O3S/c1-2-9-18(11-13-6-5-10-23-13)16(20)12-19-14-7-3-4-8-15(14)22-17(19)21/h2-8,10H,1,9,11-12H2. The molecule has 1 aromatic carbocycles. The highest BCUT2D eigenvalue weighted by atomic mass is 32.1. The molecule has 0 fully saturated rings. The normalized spacial score (nSPS) is 10.8. The number of nitrogens with zero attached hydrogens (tertiary/aromatic N) is 2. The quantitative estimate of drug-likeness (QED) is 0.654. The summed E-state index contributed by atoms with van der Waals surface area (Å²) in [5.74, 6) is -0.666. The van der Waals surface area contributed by atoms with Gasteiger partial charge in [-0.15, -0.1) is 17.9 Å². The fraction of sp³-hybridized carbons (Fsp3) is 0.176. The Bertz CT molecular complexity index is 877. The van der Waals surface area contributed by atoms with Crippen LogP contribution in [0.3, 0.4) is 0 Å². The molecule has 0 saturated carbocycles. The van der Waals surface area contributed by atoms with Gasteiger partial charge in [0.15, 0.2) is 5.58 Å². The largest absolute Gasteiger partial charge is 0.420 e. The molecule has 1 amide bonds. The Balaban J connectivity index is 1.84. The summed E-state index contributed by atoms with van der Waals surface area (Å²) in [4.78, 5) is 27.3. The molecule has 0 unspecified atom stereocenters. The molecule has 0 radical (unpaired) electrons. The average Bonchev–Trinajstić information content (AvgIpc) is 3.15. The molecule has 2 heterocycles. The molecule has 0 aliphatic heterocycles. The first-order chi connectivity index (χ1) is 11.2. The first-order valence-corrected chi connectivity index (χ1v) is 8.06. The summed E-state index contributed by atoms with van der Waals surface area (Å²) < 4.78 is 6.53. The van der Waals surface area contributed by atoms with Crippen molar-refractivity contribution in [2.75, 3.05) is 6.54 Å². The summed E-state index contributed by atoms with van der Waals surface area (Å²) in [5, 5.41) is 1.97. The molecule has 23 heavy (non-hydrogen) atoms. The minimum absolute atomic E-state index is 0.0466. The molecule has 0 atom stereocenters. The maximum Gasteiger partial charge on any atom is 0.420 e. The minimum atomic E-state index is -0.519. The molecule has 6 heteroatoms. The molecule has 3 aromatic rings. The lowest BCUT2D eigenvalue weighted by Gasteiger charge is -2.20. The maximum absolute atomic E-state index is 12.6. The van der Waals surface area contributed by atoms with Crippen LogP contribution in [0.15, 0.2) is 63.6 Å². The highest BCUT2D eigenvalue weighted by Gasteiger charge is 2.17. The van der Waals surface area contributed by atoms with Crippen molar-refractivity contribution in [3.63, 3.8) is 0 Å². The van der Waals surface area contributed by atoms with E-state index in [-0.39, 0.29) is 12.5 Å². The van der Waals surface area contributed by atoms with Crippen molar-refractivity contribution in [1.29, 1.82) is 0 Å². The van der Waals surface area contributed by atoms with E-state index in [1.807, 2.05) is 23.6 Å². The van der Waals surface area contributed by atoms with Gasteiger partial charge in [0.1, 0.15) is 6.54 Å². The number of hydrogen-bond donors (Lipinski definition) is 0. The van der Waals surface area contributed by atoms with Crippen LogP contribution in [0, 0.1) is 0 Å². The van der Waals surface area contributed by atoms with Crippen LogP contribution in [0.2, 0.25) is 0 Å². The van der Waals surface area contributed by atoms with Gasteiger partial charge in [-0.05, 0) is 23.6 Å². The van der Waals surface area contributed by atoms with Crippen molar-refractivity contribution >= 4 is 28.3 Å². The summed E-state index contributed by atoms with van der Waals surface area (Å²) in [6.07, 6.45) is 1.68. The highest BCUT2D eigenvalue weighted by molar-refractivity contribution is 7.09. The van der Waals surface area contributed by atoms with E-state index in [2.05, 4.69) is 6.58 Å². The number of carbonyl (C=O) groups excluding carboxylic acids is 1. The van der Waals surface area contributed by atoms with E-state index < -0.39 is 5.76 Å². The summed E-state index contributed by atoms with van der Waals surface area (Å²) in [6.45, 7) is 4.59. The van der Waals surface area contributed by atoms with Crippen LogP contribution in [0.1, 0.15) is 4.88 Å². The van der Waals surface area contributed by atoms with Gasteiger partial charge < -0.3 is 9.32 Å². The number of para-hydroxylation sites is 2. The van der Waals surface area contributed by atoms with Crippen molar-refractivity contribution in [2.24, 2.45) is 0 Å². The number of oxazole rings is 1. The zero-order valence-corrected chi connectivity index (χ0v) is 13.3. The van der Waals surface area contributed by atoms with E-state index in [0.717, 1.165) is 4.88 Å². The number of rotatable bonds is 6. The van der Waals surface area contributed by atoms with Gasteiger partial charge in [0.05, 0.1) is 12.1 Å². The first kappa shape index (κ1) is 15.3. The Morgan fingerprint density at radius 3 is 2.87 bits per heavy atom. The highest BCUT2D eigenvalue weighted by Crippen LogP contribution is 2.14. The summed E-state index contributed by atoms with van der Waals surface area (Å²) >= 11 is 1.59. The van der Waals surface area contributed by atoms with E-state index in [4.69, 9.17) is 4.42 Å². The monoisotopic (exact) mass is 328 g/mol. The number of aromatic nitrogens is 1. The molecule has 0 bridgehead atoms. The molecule has 0 aliphatic carbocycles. The molecular weight excluding hydrogens is 312 g/mol. The van der Waals surface area contributed by atoms with Crippen LogP contribution in [0.25, 0.3) is 11.1 Å². The topological polar surface area (TPSA) is 55.5 Å². The van der Waals surface area contributed by atoms with E-state index in [1.165, 1.54) is 4.57 Å². The lowest BCUT2D eigenvalue weighted by atomic mass is 10.3.